The van der Waals surface area contributed by atoms with Crippen molar-refractivity contribution in [2.45, 2.75) is 13.3 Å². The monoisotopic (exact) mass is 305 g/mol. The maximum absolute atomic E-state index is 11.9. The van der Waals surface area contributed by atoms with E-state index in [0.717, 1.165) is 6.42 Å². The predicted octanol–water partition coefficient (Wildman–Crippen LogP) is 2.60. The second-order valence-electron chi connectivity index (χ2n) is 3.97. The summed E-state index contributed by atoms with van der Waals surface area (Å²) in [5, 5.41) is 9.78. The molecule has 0 radical (unpaired) electrons. The number of aliphatic hydroxyl groups is 1. The second-order valence-corrected chi connectivity index (χ2v) is 4.81. The van der Waals surface area contributed by atoms with Crippen molar-refractivity contribution in [2.75, 3.05) is 26.3 Å². The Morgan fingerprint density at radius 1 is 1.37 bits per heavy atom. The third kappa shape index (κ3) is 5.27. The Labute approximate surface area is 122 Å². The van der Waals surface area contributed by atoms with Crippen LogP contribution >= 0.6 is 23.2 Å². The van der Waals surface area contributed by atoms with Gasteiger partial charge in [0.15, 0.2) is 6.61 Å². The zero-order valence-electron chi connectivity index (χ0n) is 10.7. The smallest absolute Gasteiger partial charge is 0.260 e. The van der Waals surface area contributed by atoms with E-state index >= 15 is 0 Å². The van der Waals surface area contributed by atoms with Gasteiger partial charge in [0, 0.05) is 18.1 Å². The summed E-state index contributed by atoms with van der Waals surface area (Å²) in [7, 11) is 0. The van der Waals surface area contributed by atoms with Crippen molar-refractivity contribution in [2.24, 2.45) is 0 Å². The zero-order valence-corrected chi connectivity index (χ0v) is 12.2. The van der Waals surface area contributed by atoms with Gasteiger partial charge in [-0.2, -0.15) is 0 Å². The first-order valence-electron chi connectivity index (χ1n) is 6.05. The minimum Gasteiger partial charge on any atom is -0.482 e. The summed E-state index contributed by atoms with van der Waals surface area (Å²) in [5.74, 6) is 0.238. The maximum Gasteiger partial charge on any atom is 0.260 e. The summed E-state index contributed by atoms with van der Waals surface area (Å²) in [6.45, 7) is 2.70. The second kappa shape index (κ2) is 8.25. The molecule has 0 aliphatic heterocycles. The first-order valence-corrected chi connectivity index (χ1v) is 6.80. The number of rotatable bonds is 7. The van der Waals surface area contributed by atoms with Gasteiger partial charge >= 0.3 is 0 Å². The van der Waals surface area contributed by atoms with Crippen LogP contribution < -0.4 is 4.74 Å². The van der Waals surface area contributed by atoms with Crippen LogP contribution in [0, 0.1) is 0 Å². The lowest BCUT2D eigenvalue weighted by Crippen LogP contribution is -2.37. The van der Waals surface area contributed by atoms with E-state index in [1.807, 2.05) is 6.92 Å². The predicted molar refractivity (Wildman–Crippen MR) is 75.9 cm³/mol. The summed E-state index contributed by atoms with van der Waals surface area (Å²) in [5.41, 5.74) is 0. The average molecular weight is 306 g/mol. The summed E-state index contributed by atoms with van der Waals surface area (Å²) in [6.07, 6.45) is 0.827. The molecular weight excluding hydrogens is 289 g/mol. The van der Waals surface area contributed by atoms with Crippen molar-refractivity contribution in [3.63, 3.8) is 0 Å². The summed E-state index contributed by atoms with van der Waals surface area (Å²) >= 11 is 11.7. The lowest BCUT2D eigenvalue weighted by Gasteiger charge is -2.21. The number of nitrogens with zero attached hydrogens (tertiary/aromatic N) is 1. The normalized spacial score (nSPS) is 10.3. The molecular formula is C13H17Cl2NO3. The molecule has 1 N–H and O–H groups in total. The fourth-order valence-corrected chi connectivity index (χ4v) is 2.04. The van der Waals surface area contributed by atoms with Crippen LogP contribution in [0.4, 0.5) is 0 Å². The number of carbonyl (C=O) groups is 1. The van der Waals surface area contributed by atoms with Crippen molar-refractivity contribution in [1.29, 1.82) is 0 Å². The number of hydrogen-bond donors (Lipinski definition) is 1. The SMILES string of the molecule is CCCN(CCO)C(=O)COc1ccc(Cl)cc1Cl. The molecule has 0 aliphatic rings. The van der Waals surface area contributed by atoms with Crippen LogP contribution in [0.25, 0.3) is 0 Å². The van der Waals surface area contributed by atoms with Gasteiger partial charge < -0.3 is 14.7 Å². The molecule has 0 spiro atoms. The number of carbonyl (C=O) groups excluding carboxylic acids is 1. The van der Waals surface area contributed by atoms with E-state index in [2.05, 4.69) is 0 Å². The molecule has 1 rings (SSSR count). The standard InChI is InChI=1S/C13H17Cl2NO3/c1-2-5-16(6-7-17)13(18)9-19-12-4-3-10(14)8-11(12)15/h3-4,8,17H,2,5-7,9H2,1H3. The van der Waals surface area contributed by atoms with Gasteiger partial charge in [0.1, 0.15) is 5.75 Å². The third-order valence-electron chi connectivity index (χ3n) is 2.46. The number of halogens is 2. The van der Waals surface area contributed by atoms with Crippen molar-refractivity contribution >= 4 is 29.1 Å². The van der Waals surface area contributed by atoms with Gasteiger partial charge in [-0.15, -0.1) is 0 Å². The molecule has 6 heteroatoms. The zero-order chi connectivity index (χ0) is 14.3. The van der Waals surface area contributed by atoms with Gasteiger partial charge in [-0.25, -0.2) is 0 Å². The Morgan fingerprint density at radius 3 is 2.68 bits per heavy atom. The lowest BCUT2D eigenvalue weighted by molar-refractivity contribution is -0.133. The van der Waals surface area contributed by atoms with Gasteiger partial charge in [0.25, 0.3) is 5.91 Å². The van der Waals surface area contributed by atoms with Gasteiger partial charge in [0.05, 0.1) is 11.6 Å². The van der Waals surface area contributed by atoms with Crippen LogP contribution in [-0.2, 0) is 4.79 Å². The molecule has 0 unspecified atom stereocenters. The quantitative estimate of drug-likeness (QED) is 0.842. The largest absolute Gasteiger partial charge is 0.482 e. The summed E-state index contributed by atoms with van der Waals surface area (Å²) in [6, 6.07) is 4.82. The van der Waals surface area contributed by atoms with Crippen LogP contribution in [-0.4, -0.2) is 42.2 Å². The minimum absolute atomic E-state index is 0.0621. The first kappa shape index (κ1) is 16.1. The summed E-state index contributed by atoms with van der Waals surface area (Å²) < 4.78 is 5.36. The molecule has 0 atom stereocenters. The highest BCUT2D eigenvalue weighted by atomic mass is 35.5. The van der Waals surface area contributed by atoms with Crippen molar-refractivity contribution in [3.05, 3.63) is 28.2 Å². The number of aliphatic hydroxyl groups excluding tert-OH is 1. The van der Waals surface area contributed by atoms with E-state index in [-0.39, 0.29) is 19.1 Å². The van der Waals surface area contributed by atoms with Gasteiger partial charge in [-0.1, -0.05) is 30.1 Å². The Morgan fingerprint density at radius 2 is 2.11 bits per heavy atom. The number of amides is 1. The molecule has 19 heavy (non-hydrogen) atoms. The first-order chi connectivity index (χ1) is 9.08. The summed E-state index contributed by atoms with van der Waals surface area (Å²) in [4.78, 5) is 13.5. The van der Waals surface area contributed by atoms with Crippen molar-refractivity contribution < 1.29 is 14.6 Å². The van der Waals surface area contributed by atoms with E-state index in [0.29, 0.717) is 28.9 Å². The van der Waals surface area contributed by atoms with E-state index in [4.69, 9.17) is 33.0 Å². The molecule has 0 bridgehead atoms. The highest BCUT2D eigenvalue weighted by molar-refractivity contribution is 6.35. The van der Waals surface area contributed by atoms with Crippen LogP contribution in [0.5, 0.6) is 5.75 Å². The van der Waals surface area contributed by atoms with E-state index in [1.165, 1.54) is 0 Å². The fourth-order valence-electron chi connectivity index (χ4n) is 1.57. The fraction of sp³-hybridized carbons (Fsp3) is 0.462. The Balaban J connectivity index is 2.56. The van der Waals surface area contributed by atoms with E-state index in [1.54, 1.807) is 23.1 Å². The topological polar surface area (TPSA) is 49.8 Å². The highest BCUT2D eigenvalue weighted by Crippen LogP contribution is 2.27. The van der Waals surface area contributed by atoms with Crippen LogP contribution in [0.2, 0.25) is 10.0 Å². The molecule has 1 amide bonds. The number of benzene rings is 1. The maximum atomic E-state index is 11.9. The highest BCUT2D eigenvalue weighted by Gasteiger charge is 2.13. The van der Waals surface area contributed by atoms with Crippen LogP contribution in [0.1, 0.15) is 13.3 Å². The molecule has 4 nitrogen and oxygen atoms in total. The van der Waals surface area contributed by atoms with Gasteiger partial charge in [-0.3, -0.25) is 4.79 Å². The van der Waals surface area contributed by atoms with Gasteiger partial charge in [0.2, 0.25) is 0 Å². The van der Waals surface area contributed by atoms with E-state index in [9.17, 15) is 4.79 Å². The molecule has 106 valence electrons. The van der Waals surface area contributed by atoms with Crippen molar-refractivity contribution in [3.8, 4) is 5.75 Å². The molecule has 0 saturated heterocycles. The molecule has 1 aromatic rings. The molecule has 0 aromatic heterocycles. The molecule has 0 saturated carbocycles. The Kier molecular flexibility index (Phi) is 6.99. The lowest BCUT2D eigenvalue weighted by atomic mass is 10.3. The molecule has 0 heterocycles. The number of hydrogen-bond acceptors (Lipinski definition) is 3. The Bertz CT molecular complexity index is 420. The van der Waals surface area contributed by atoms with Gasteiger partial charge in [-0.05, 0) is 24.6 Å². The average Bonchev–Trinajstić information content (AvgIpc) is 2.37. The Hall–Kier alpha value is -0.970. The van der Waals surface area contributed by atoms with Crippen molar-refractivity contribution in [1.82, 2.24) is 4.90 Å². The molecule has 1 aromatic carbocycles. The number of ether oxygens (including phenoxy) is 1. The minimum atomic E-state index is -0.179. The molecule has 0 fully saturated rings. The van der Waals surface area contributed by atoms with E-state index < -0.39 is 0 Å². The van der Waals surface area contributed by atoms with Crippen LogP contribution in [0.15, 0.2) is 18.2 Å². The van der Waals surface area contributed by atoms with Crippen LogP contribution in [0.3, 0.4) is 0 Å². The third-order valence-corrected chi connectivity index (χ3v) is 2.99. The molecule has 0 aliphatic carbocycles.